The summed E-state index contributed by atoms with van der Waals surface area (Å²) in [4.78, 5) is 8.36. The van der Waals surface area contributed by atoms with Crippen molar-refractivity contribution in [1.82, 2.24) is 15.4 Å². The highest BCUT2D eigenvalue weighted by molar-refractivity contribution is 6.30. The zero-order valence-corrected chi connectivity index (χ0v) is 9.93. The Hall–Kier alpha value is -1.49. The Kier molecular flexibility index (Phi) is 4.03. The van der Waals surface area contributed by atoms with Crippen molar-refractivity contribution in [2.24, 2.45) is 5.84 Å². The quantitative estimate of drug-likeness (QED) is 0.641. The van der Waals surface area contributed by atoms with Gasteiger partial charge in [0.25, 0.3) is 0 Å². The van der Waals surface area contributed by atoms with Crippen LogP contribution in [0.15, 0.2) is 42.7 Å². The second-order valence-corrected chi connectivity index (χ2v) is 4.10. The lowest BCUT2D eigenvalue weighted by molar-refractivity contribution is 0.522. The number of rotatable bonds is 4. The molecule has 1 aromatic carbocycles. The number of aromatic nitrogens is 2. The third-order valence-electron chi connectivity index (χ3n) is 2.43. The van der Waals surface area contributed by atoms with Crippen LogP contribution in [-0.2, 0) is 6.42 Å². The lowest BCUT2D eigenvalue weighted by atomic mass is 10.1. The predicted molar refractivity (Wildman–Crippen MR) is 67.3 cm³/mol. The second-order valence-electron chi connectivity index (χ2n) is 3.66. The zero-order valence-electron chi connectivity index (χ0n) is 9.18. The molecule has 3 N–H and O–H groups in total. The minimum atomic E-state index is -0.116. The van der Waals surface area contributed by atoms with Crippen LogP contribution in [0.25, 0.3) is 0 Å². The molecule has 4 nitrogen and oxygen atoms in total. The summed E-state index contributed by atoms with van der Waals surface area (Å²) in [5.41, 5.74) is 3.81. The Balaban J connectivity index is 2.16. The summed E-state index contributed by atoms with van der Waals surface area (Å²) >= 11 is 5.93. The SMILES string of the molecule is NNC(Cc1cccc(Cl)c1)c1ncccn1. The Morgan fingerprint density at radius 3 is 2.65 bits per heavy atom. The van der Waals surface area contributed by atoms with E-state index < -0.39 is 0 Å². The van der Waals surface area contributed by atoms with Crippen LogP contribution in [0.5, 0.6) is 0 Å². The van der Waals surface area contributed by atoms with Gasteiger partial charge >= 0.3 is 0 Å². The molecular formula is C12H13ClN4. The molecule has 0 radical (unpaired) electrons. The van der Waals surface area contributed by atoms with Crippen LogP contribution in [0.4, 0.5) is 0 Å². The lowest BCUT2D eigenvalue weighted by Gasteiger charge is -2.14. The molecule has 0 spiro atoms. The molecule has 2 rings (SSSR count). The van der Waals surface area contributed by atoms with Gasteiger partial charge in [0.2, 0.25) is 0 Å². The topological polar surface area (TPSA) is 63.8 Å². The standard InChI is InChI=1S/C12H13ClN4/c13-10-4-1-3-9(7-10)8-11(17-14)12-15-5-2-6-16-12/h1-7,11,17H,8,14H2. The highest BCUT2D eigenvalue weighted by Crippen LogP contribution is 2.17. The second kappa shape index (κ2) is 5.72. The van der Waals surface area contributed by atoms with Crippen molar-refractivity contribution in [1.29, 1.82) is 0 Å². The predicted octanol–water partition coefficient (Wildman–Crippen LogP) is 1.88. The minimum absolute atomic E-state index is 0.116. The average Bonchev–Trinajstić information content (AvgIpc) is 2.37. The number of nitrogens with two attached hydrogens (primary N) is 1. The van der Waals surface area contributed by atoms with Gasteiger partial charge in [0.05, 0.1) is 6.04 Å². The van der Waals surface area contributed by atoms with Crippen molar-refractivity contribution in [3.63, 3.8) is 0 Å². The molecule has 88 valence electrons. The van der Waals surface area contributed by atoms with E-state index >= 15 is 0 Å². The number of nitrogens with zero attached hydrogens (tertiary/aromatic N) is 2. The molecule has 0 aliphatic heterocycles. The summed E-state index contributed by atoms with van der Waals surface area (Å²) in [6.45, 7) is 0. The Morgan fingerprint density at radius 1 is 1.24 bits per heavy atom. The largest absolute Gasteiger partial charge is 0.271 e. The first-order valence-corrected chi connectivity index (χ1v) is 5.65. The van der Waals surface area contributed by atoms with E-state index in [1.165, 1.54) is 0 Å². The molecule has 0 fully saturated rings. The highest BCUT2D eigenvalue weighted by Gasteiger charge is 2.12. The van der Waals surface area contributed by atoms with Crippen molar-refractivity contribution in [3.05, 3.63) is 59.1 Å². The smallest absolute Gasteiger partial charge is 0.146 e. The molecule has 0 amide bonds. The monoisotopic (exact) mass is 248 g/mol. The van der Waals surface area contributed by atoms with Gasteiger partial charge in [-0.25, -0.2) is 15.4 Å². The summed E-state index contributed by atoms with van der Waals surface area (Å²) in [6.07, 6.45) is 4.09. The van der Waals surface area contributed by atoms with Gasteiger partial charge in [-0.1, -0.05) is 23.7 Å². The zero-order chi connectivity index (χ0) is 12.1. The molecule has 1 unspecified atom stereocenters. The number of nitrogens with one attached hydrogen (secondary N) is 1. The number of hydrazine groups is 1. The first-order valence-electron chi connectivity index (χ1n) is 5.27. The lowest BCUT2D eigenvalue weighted by Crippen LogP contribution is -2.30. The molecular weight excluding hydrogens is 236 g/mol. The Morgan fingerprint density at radius 2 is 2.00 bits per heavy atom. The highest BCUT2D eigenvalue weighted by atomic mass is 35.5. The Bertz CT molecular complexity index is 475. The van der Waals surface area contributed by atoms with Crippen LogP contribution in [0.2, 0.25) is 5.02 Å². The van der Waals surface area contributed by atoms with Crippen molar-refractivity contribution in [3.8, 4) is 0 Å². The van der Waals surface area contributed by atoms with E-state index in [-0.39, 0.29) is 6.04 Å². The van der Waals surface area contributed by atoms with Gasteiger partial charge in [0.15, 0.2) is 0 Å². The number of hydrogen-bond acceptors (Lipinski definition) is 4. The van der Waals surface area contributed by atoms with E-state index in [1.807, 2.05) is 24.3 Å². The summed E-state index contributed by atoms with van der Waals surface area (Å²) in [7, 11) is 0. The van der Waals surface area contributed by atoms with Gasteiger partial charge in [-0.15, -0.1) is 0 Å². The Labute approximate surface area is 105 Å². The van der Waals surface area contributed by atoms with Gasteiger partial charge in [-0.2, -0.15) is 0 Å². The van der Waals surface area contributed by atoms with E-state index in [0.717, 1.165) is 5.56 Å². The fourth-order valence-electron chi connectivity index (χ4n) is 1.61. The fraction of sp³-hybridized carbons (Fsp3) is 0.167. The molecule has 17 heavy (non-hydrogen) atoms. The van der Waals surface area contributed by atoms with Crippen molar-refractivity contribution in [2.45, 2.75) is 12.5 Å². The van der Waals surface area contributed by atoms with Crippen molar-refractivity contribution >= 4 is 11.6 Å². The molecule has 0 aliphatic rings. The van der Waals surface area contributed by atoms with Crippen LogP contribution >= 0.6 is 11.6 Å². The number of benzene rings is 1. The normalized spacial score (nSPS) is 12.4. The maximum Gasteiger partial charge on any atom is 0.146 e. The maximum atomic E-state index is 5.93. The fourth-order valence-corrected chi connectivity index (χ4v) is 1.83. The third-order valence-corrected chi connectivity index (χ3v) is 2.66. The van der Waals surface area contributed by atoms with Gasteiger partial charge in [0, 0.05) is 17.4 Å². The van der Waals surface area contributed by atoms with Crippen molar-refractivity contribution in [2.75, 3.05) is 0 Å². The van der Waals surface area contributed by atoms with E-state index in [4.69, 9.17) is 17.4 Å². The van der Waals surface area contributed by atoms with E-state index in [2.05, 4.69) is 15.4 Å². The van der Waals surface area contributed by atoms with E-state index in [0.29, 0.717) is 17.3 Å². The number of halogens is 1. The molecule has 5 heteroatoms. The molecule has 1 atom stereocenters. The van der Waals surface area contributed by atoms with Crippen LogP contribution in [0.1, 0.15) is 17.4 Å². The summed E-state index contributed by atoms with van der Waals surface area (Å²) in [5.74, 6) is 6.20. The first kappa shape index (κ1) is 12.0. The van der Waals surface area contributed by atoms with Gasteiger partial charge in [0.1, 0.15) is 5.82 Å². The first-order chi connectivity index (χ1) is 8.29. The van der Waals surface area contributed by atoms with Gasteiger partial charge < -0.3 is 0 Å². The molecule has 2 aromatic rings. The summed E-state index contributed by atoms with van der Waals surface area (Å²) in [6, 6.07) is 9.32. The maximum absolute atomic E-state index is 5.93. The summed E-state index contributed by atoms with van der Waals surface area (Å²) < 4.78 is 0. The summed E-state index contributed by atoms with van der Waals surface area (Å²) in [5, 5.41) is 0.715. The molecule has 0 saturated heterocycles. The minimum Gasteiger partial charge on any atom is -0.271 e. The number of hydrogen-bond donors (Lipinski definition) is 2. The average molecular weight is 249 g/mol. The molecule has 0 aliphatic carbocycles. The molecule has 0 bridgehead atoms. The van der Waals surface area contributed by atoms with Gasteiger partial charge in [-0.3, -0.25) is 5.84 Å². The van der Waals surface area contributed by atoms with Crippen LogP contribution in [-0.4, -0.2) is 9.97 Å². The van der Waals surface area contributed by atoms with Crippen LogP contribution in [0.3, 0.4) is 0 Å². The molecule has 1 aromatic heterocycles. The third kappa shape index (κ3) is 3.23. The van der Waals surface area contributed by atoms with Crippen LogP contribution < -0.4 is 11.3 Å². The molecule has 0 saturated carbocycles. The van der Waals surface area contributed by atoms with Crippen LogP contribution in [0, 0.1) is 0 Å². The van der Waals surface area contributed by atoms with E-state index in [1.54, 1.807) is 18.5 Å². The van der Waals surface area contributed by atoms with E-state index in [9.17, 15) is 0 Å². The molecule has 1 heterocycles. The van der Waals surface area contributed by atoms with Crippen molar-refractivity contribution < 1.29 is 0 Å². The van der Waals surface area contributed by atoms with Gasteiger partial charge in [-0.05, 0) is 30.2 Å².